The Morgan fingerprint density at radius 3 is 2.70 bits per heavy atom. The number of aryl methyl sites for hydroxylation is 1. The maximum atomic E-state index is 12.4. The van der Waals surface area contributed by atoms with Crippen molar-refractivity contribution in [1.29, 1.82) is 0 Å². The highest BCUT2D eigenvalue weighted by Gasteiger charge is 2.33. The molecule has 1 amide bonds. The summed E-state index contributed by atoms with van der Waals surface area (Å²) < 4.78 is 11.0. The minimum atomic E-state index is -0.579. The van der Waals surface area contributed by atoms with Crippen LogP contribution in [-0.2, 0) is 9.47 Å². The number of nitrogens with zero attached hydrogens (tertiary/aromatic N) is 2. The lowest BCUT2D eigenvalue weighted by Gasteiger charge is -2.37. The second-order valence-electron chi connectivity index (χ2n) is 6.56. The van der Waals surface area contributed by atoms with Crippen LogP contribution in [-0.4, -0.2) is 41.3 Å². The highest BCUT2D eigenvalue weighted by molar-refractivity contribution is 5.69. The molecule has 7 heteroatoms. The smallest absolute Gasteiger partial charge is 0.410 e. The van der Waals surface area contributed by atoms with Gasteiger partial charge in [0.25, 0.3) is 5.69 Å². The molecule has 1 aromatic rings. The number of morpholine rings is 1. The second kappa shape index (κ2) is 6.54. The van der Waals surface area contributed by atoms with Gasteiger partial charge in [-0.05, 0) is 44.9 Å². The van der Waals surface area contributed by atoms with Gasteiger partial charge in [0, 0.05) is 18.7 Å². The van der Waals surface area contributed by atoms with Crippen LogP contribution < -0.4 is 0 Å². The van der Waals surface area contributed by atoms with Gasteiger partial charge in [-0.2, -0.15) is 0 Å². The van der Waals surface area contributed by atoms with Crippen LogP contribution in [0.2, 0.25) is 0 Å². The van der Waals surface area contributed by atoms with E-state index in [1.165, 1.54) is 12.1 Å². The Hall–Kier alpha value is -2.15. The van der Waals surface area contributed by atoms with Crippen molar-refractivity contribution in [2.45, 2.75) is 39.3 Å². The standard InChI is InChI=1S/C16H22N2O5/c1-11-9-12(18(20)21)5-6-13(11)14-10-22-8-7-17(14)15(19)23-16(2,3)4/h5-6,9,14H,7-8,10H2,1-4H3. The summed E-state index contributed by atoms with van der Waals surface area (Å²) in [5, 5.41) is 10.9. The summed E-state index contributed by atoms with van der Waals surface area (Å²) in [7, 11) is 0. The van der Waals surface area contributed by atoms with Crippen molar-refractivity contribution in [2.75, 3.05) is 19.8 Å². The van der Waals surface area contributed by atoms with Crippen molar-refractivity contribution in [3.63, 3.8) is 0 Å². The molecule has 23 heavy (non-hydrogen) atoms. The summed E-state index contributed by atoms with van der Waals surface area (Å²) in [5.41, 5.74) is 1.04. The normalized spacial score (nSPS) is 18.6. The van der Waals surface area contributed by atoms with E-state index in [0.29, 0.717) is 19.8 Å². The molecule has 1 fully saturated rings. The number of nitro benzene ring substituents is 1. The molecular weight excluding hydrogens is 300 g/mol. The van der Waals surface area contributed by atoms with Crippen molar-refractivity contribution in [3.8, 4) is 0 Å². The molecule has 0 aliphatic carbocycles. The van der Waals surface area contributed by atoms with Gasteiger partial charge in [-0.15, -0.1) is 0 Å². The number of hydrogen-bond acceptors (Lipinski definition) is 5. The molecule has 1 aliphatic rings. The maximum absolute atomic E-state index is 12.4. The van der Waals surface area contributed by atoms with Gasteiger partial charge in [0.15, 0.2) is 0 Å². The van der Waals surface area contributed by atoms with Gasteiger partial charge in [-0.25, -0.2) is 4.79 Å². The van der Waals surface area contributed by atoms with Crippen molar-refractivity contribution < 1.29 is 19.2 Å². The van der Waals surface area contributed by atoms with E-state index >= 15 is 0 Å². The van der Waals surface area contributed by atoms with Crippen LogP contribution in [0.3, 0.4) is 0 Å². The van der Waals surface area contributed by atoms with E-state index in [0.717, 1.165) is 11.1 Å². The Morgan fingerprint density at radius 2 is 2.13 bits per heavy atom. The third-order valence-corrected chi connectivity index (χ3v) is 3.58. The first-order valence-corrected chi connectivity index (χ1v) is 7.51. The number of non-ortho nitro benzene ring substituents is 1. The number of amides is 1. The van der Waals surface area contributed by atoms with E-state index in [2.05, 4.69) is 0 Å². The molecule has 0 aromatic heterocycles. The van der Waals surface area contributed by atoms with Crippen molar-refractivity contribution in [3.05, 3.63) is 39.4 Å². The molecule has 1 aromatic carbocycles. The molecule has 126 valence electrons. The van der Waals surface area contributed by atoms with Crippen molar-refractivity contribution >= 4 is 11.8 Å². The fraction of sp³-hybridized carbons (Fsp3) is 0.562. The third kappa shape index (κ3) is 4.19. The van der Waals surface area contributed by atoms with Gasteiger partial charge in [0.1, 0.15) is 5.60 Å². The first kappa shape index (κ1) is 17.2. The average molecular weight is 322 g/mol. The molecule has 1 aliphatic heterocycles. The van der Waals surface area contributed by atoms with Crippen molar-refractivity contribution in [2.24, 2.45) is 0 Å². The topological polar surface area (TPSA) is 81.9 Å². The van der Waals surface area contributed by atoms with Crippen LogP contribution in [0.15, 0.2) is 18.2 Å². The molecule has 1 saturated heterocycles. The molecule has 0 bridgehead atoms. The predicted molar refractivity (Wildman–Crippen MR) is 84.3 cm³/mol. The SMILES string of the molecule is Cc1cc([N+](=O)[O-])ccc1C1COCCN1C(=O)OC(C)(C)C. The van der Waals surface area contributed by atoms with E-state index in [-0.39, 0.29) is 11.7 Å². The van der Waals surface area contributed by atoms with E-state index in [4.69, 9.17) is 9.47 Å². The summed E-state index contributed by atoms with van der Waals surface area (Å²) in [6.07, 6.45) is -0.399. The largest absolute Gasteiger partial charge is 0.444 e. The Kier molecular flexibility index (Phi) is 4.89. The number of benzene rings is 1. The van der Waals surface area contributed by atoms with E-state index < -0.39 is 16.6 Å². The summed E-state index contributed by atoms with van der Waals surface area (Å²) >= 11 is 0. The Balaban J connectivity index is 2.28. The Labute approximate surface area is 135 Å². The molecule has 0 radical (unpaired) electrons. The minimum Gasteiger partial charge on any atom is -0.444 e. The number of carbonyl (C=O) groups excluding carboxylic acids is 1. The summed E-state index contributed by atoms with van der Waals surface area (Å²) in [6.45, 7) is 8.46. The number of nitro groups is 1. The van der Waals surface area contributed by atoms with Gasteiger partial charge >= 0.3 is 6.09 Å². The van der Waals surface area contributed by atoms with Gasteiger partial charge in [-0.3, -0.25) is 15.0 Å². The van der Waals surface area contributed by atoms with E-state index in [9.17, 15) is 14.9 Å². The lowest BCUT2D eigenvalue weighted by molar-refractivity contribution is -0.384. The highest BCUT2D eigenvalue weighted by atomic mass is 16.6. The van der Waals surface area contributed by atoms with Gasteiger partial charge in [0.05, 0.1) is 24.2 Å². The number of hydrogen-bond donors (Lipinski definition) is 0. The summed E-state index contributed by atoms with van der Waals surface area (Å²) in [4.78, 5) is 24.5. The fourth-order valence-electron chi connectivity index (χ4n) is 2.55. The van der Waals surface area contributed by atoms with Gasteiger partial charge in [0.2, 0.25) is 0 Å². The van der Waals surface area contributed by atoms with Crippen LogP contribution in [0.1, 0.15) is 37.9 Å². The highest BCUT2D eigenvalue weighted by Crippen LogP contribution is 2.30. The molecule has 2 rings (SSSR count). The molecular formula is C16H22N2O5. The zero-order valence-electron chi connectivity index (χ0n) is 13.9. The zero-order chi connectivity index (χ0) is 17.2. The summed E-state index contributed by atoms with van der Waals surface area (Å²) in [5.74, 6) is 0. The zero-order valence-corrected chi connectivity index (χ0v) is 13.9. The second-order valence-corrected chi connectivity index (χ2v) is 6.56. The minimum absolute atomic E-state index is 0.0341. The van der Waals surface area contributed by atoms with Crippen LogP contribution in [0.5, 0.6) is 0 Å². The van der Waals surface area contributed by atoms with Crippen LogP contribution in [0, 0.1) is 17.0 Å². The lowest BCUT2D eigenvalue weighted by Crippen LogP contribution is -2.45. The molecule has 0 saturated carbocycles. The first-order chi connectivity index (χ1) is 10.7. The van der Waals surface area contributed by atoms with Crippen LogP contribution in [0.25, 0.3) is 0 Å². The summed E-state index contributed by atoms with van der Waals surface area (Å²) in [6, 6.07) is 4.34. The predicted octanol–water partition coefficient (Wildman–Crippen LogP) is 3.21. The van der Waals surface area contributed by atoms with Crippen LogP contribution in [0.4, 0.5) is 10.5 Å². The maximum Gasteiger partial charge on any atom is 0.410 e. The Morgan fingerprint density at radius 1 is 1.43 bits per heavy atom. The quantitative estimate of drug-likeness (QED) is 0.617. The molecule has 1 heterocycles. The lowest BCUT2D eigenvalue weighted by atomic mass is 9.99. The number of rotatable bonds is 2. The van der Waals surface area contributed by atoms with E-state index in [1.54, 1.807) is 17.9 Å². The first-order valence-electron chi connectivity index (χ1n) is 7.51. The molecule has 0 spiro atoms. The van der Waals surface area contributed by atoms with Crippen LogP contribution >= 0.6 is 0 Å². The molecule has 0 N–H and O–H groups in total. The van der Waals surface area contributed by atoms with Gasteiger partial charge in [-0.1, -0.05) is 0 Å². The number of ether oxygens (including phenoxy) is 2. The monoisotopic (exact) mass is 322 g/mol. The molecule has 7 nitrogen and oxygen atoms in total. The molecule has 1 unspecified atom stereocenters. The third-order valence-electron chi connectivity index (χ3n) is 3.58. The van der Waals surface area contributed by atoms with Crippen molar-refractivity contribution in [1.82, 2.24) is 4.90 Å². The van der Waals surface area contributed by atoms with E-state index in [1.807, 2.05) is 20.8 Å². The average Bonchev–Trinajstić information content (AvgIpc) is 2.45. The Bertz CT molecular complexity index is 609. The fourth-order valence-corrected chi connectivity index (χ4v) is 2.55. The number of carbonyl (C=O) groups is 1. The molecule has 1 atom stereocenters. The van der Waals surface area contributed by atoms with Gasteiger partial charge < -0.3 is 9.47 Å².